The first kappa shape index (κ1) is 20.4. The predicted octanol–water partition coefficient (Wildman–Crippen LogP) is 4.51. The molecule has 2 aliphatic rings. The molecule has 6 heteroatoms. The van der Waals surface area contributed by atoms with Gasteiger partial charge in [0.15, 0.2) is 0 Å². The quantitative estimate of drug-likeness (QED) is 0.740. The van der Waals surface area contributed by atoms with Crippen molar-refractivity contribution in [3.8, 4) is 6.07 Å². The van der Waals surface area contributed by atoms with Crippen molar-refractivity contribution in [1.29, 1.82) is 5.26 Å². The molecule has 0 unspecified atom stereocenters. The van der Waals surface area contributed by atoms with Crippen LogP contribution in [0, 0.1) is 17.2 Å². The number of benzene rings is 1. The van der Waals surface area contributed by atoms with E-state index in [9.17, 15) is 4.79 Å². The number of hydrogen-bond acceptors (Lipinski definition) is 5. The Balaban J connectivity index is 1.52. The van der Waals surface area contributed by atoms with E-state index in [1.54, 1.807) is 18.3 Å². The van der Waals surface area contributed by atoms with Gasteiger partial charge in [0.25, 0.3) is 5.91 Å². The SMILES string of the molecule is N#Cc1cccc(Nc2cc(C3CCCC3)c(C(=O)NCC3CCOCC3)cn2)c1. The van der Waals surface area contributed by atoms with Crippen molar-refractivity contribution >= 4 is 17.4 Å². The summed E-state index contributed by atoms with van der Waals surface area (Å²) >= 11 is 0. The summed E-state index contributed by atoms with van der Waals surface area (Å²) in [7, 11) is 0. The Morgan fingerprint density at radius 2 is 1.97 bits per heavy atom. The zero-order valence-electron chi connectivity index (χ0n) is 17.2. The van der Waals surface area contributed by atoms with Gasteiger partial charge in [-0.15, -0.1) is 0 Å². The first-order valence-electron chi connectivity index (χ1n) is 10.9. The van der Waals surface area contributed by atoms with Crippen LogP contribution in [0.1, 0.15) is 65.9 Å². The van der Waals surface area contributed by atoms with Crippen LogP contribution in [0.25, 0.3) is 0 Å². The third kappa shape index (κ3) is 4.98. The Bertz CT molecular complexity index is 925. The number of nitriles is 1. The lowest BCUT2D eigenvalue weighted by atomic mass is 9.93. The molecule has 1 saturated carbocycles. The van der Waals surface area contributed by atoms with Crippen LogP contribution in [0.4, 0.5) is 11.5 Å². The van der Waals surface area contributed by atoms with E-state index in [1.165, 1.54) is 12.8 Å². The minimum Gasteiger partial charge on any atom is -0.381 e. The van der Waals surface area contributed by atoms with Crippen LogP contribution in [0.15, 0.2) is 36.5 Å². The number of carbonyl (C=O) groups excluding carboxylic acids is 1. The first-order valence-corrected chi connectivity index (χ1v) is 10.9. The van der Waals surface area contributed by atoms with Gasteiger partial charge in [-0.05, 0) is 67.3 Å². The van der Waals surface area contributed by atoms with Gasteiger partial charge in [0, 0.05) is 31.6 Å². The smallest absolute Gasteiger partial charge is 0.253 e. The Morgan fingerprint density at radius 3 is 2.73 bits per heavy atom. The van der Waals surface area contributed by atoms with Gasteiger partial charge in [-0.25, -0.2) is 4.98 Å². The minimum absolute atomic E-state index is 0.0334. The van der Waals surface area contributed by atoms with Crippen LogP contribution >= 0.6 is 0 Å². The lowest BCUT2D eigenvalue weighted by Gasteiger charge is -2.23. The Morgan fingerprint density at radius 1 is 1.17 bits per heavy atom. The molecule has 0 atom stereocenters. The summed E-state index contributed by atoms with van der Waals surface area (Å²) in [4.78, 5) is 17.5. The first-order chi connectivity index (χ1) is 14.7. The molecular weight excluding hydrogens is 376 g/mol. The molecule has 2 fully saturated rings. The number of rotatable bonds is 6. The Labute approximate surface area is 177 Å². The van der Waals surface area contributed by atoms with Gasteiger partial charge in [-0.1, -0.05) is 18.9 Å². The highest BCUT2D eigenvalue weighted by Gasteiger charge is 2.24. The van der Waals surface area contributed by atoms with E-state index < -0.39 is 0 Å². The maximum absolute atomic E-state index is 13.0. The maximum atomic E-state index is 13.0. The number of anilines is 2. The van der Waals surface area contributed by atoms with Gasteiger partial charge in [-0.3, -0.25) is 4.79 Å². The predicted molar refractivity (Wildman–Crippen MR) is 116 cm³/mol. The van der Waals surface area contributed by atoms with Crippen LogP contribution in [-0.2, 0) is 4.74 Å². The number of hydrogen-bond donors (Lipinski definition) is 2. The fourth-order valence-electron chi connectivity index (χ4n) is 4.40. The summed E-state index contributed by atoms with van der Waals surface area (Å²) in [6, 6.07) is 11.5. The molecule has 2 heterocycles. The number of pyridine rings is 1. The van der Waals surface area contributed by atoms with Gasteiger partial charge in [0.2, 0.25) is 0 Å². The summed E-state index contributed by atoms with van der Waals surface area (Å²) in [5, 5.41) is 15.5. The molecule has 4 rings (SSSR count). The highest BCUT2D eigenvalue weighted by molar-refractivity contribution is 5.96. The summed E-state index contributed by atoms with van der Waals surface area (Å²) in [6.07, 6.45) is 8.30. The molecule has 1 aromatic heterocycles. The molecule has 1 aromatic carbocycles. The number of carbonyl (C=O) groups is 1. The van der Waals surface area contributed by atoms with Crippen molar-refractivity contribution in [2.75, 3.05) is 25.1 Å². The molecule has 156 valence electrons. The molecule has 2 N–H and O–H groups in total. The standard InChI is InChI=1S/C24H28N4O2/c25-14-18-4-3-7-20(12-18)28-23-13-21(19-5-1-2-6-19)22(16-26-23)24(29)27-15-17-8-10-30-11-9-17/h3-4,7,12-13,16-17,19H,1-2,5-6,8-11,15H2,(H,26,28)(H,27,29). The lowest BCUT2D eigenvalue weighted by molar-refractivity contribution is 0.0642. The van der Waals surface area contributed by atoms with E-state index in [0.29, 0.717) is 35.3 Å². The number of ether oxygens (including phenoxy) is 1. The molecular formula is C24H28N4O2. The van der Waals surface area contributed by atoms with Crippen LogP contribution in [0.5, 0.6) is 0 Å². The summed E-state index contributed by atoms with van der Waals surface area (Å²) < 4.78 is 5.41. The molecule has 1 aliphatic carbocycles. The topological polar surface area (TPSA) is 87.0 Å². The average Bonchev–Trinajstić information content (AvgIpc) is 3.33. The normalized spacial score (nSPS) is 17.4. The monoisotopic (exact) mass is 404 g/mol. The molecule has 1 aliphatic heterocycles. The van der Waals surface area contributed by atoms with Crippen LogP contribution in [-0.4, -0.2) is 30.6 Å². The highest BCUT2D eigenvalue weighted by Crippen LogP contribution is 2.37. The number of amides is 1. The molecule has 30 heavy (non-hydrogen) atoms. The van der Waals surface area contributed by atoms with Crippen molar-refractivity contribution in [2.45, 2.75) is 44.4 Å². The van der Waals surface area contributed by atoms with E-state index in [4.69, 9.17) is 10.00 Å². The largest absolute Gasteiger partial charge is 0.381 e. The minimum atomic E-state index is -0.0334. The van der Waals surface area contributed by atoms with Crippen molar-refractivity contribution in [1.82, 2.24) is 10.3 Å². The van der Waals surface area contributed by atoms with Gasteiger partial charge >= 0.3 is 0 Å². The Hall–Kier alpha value is -2.91. The third-order valence-corrected chi connectivity index (χ3v) is 6.13. The van der Waals surface area contributed by atoms with E-state index in [0.717, 1.165) is 50.1 Å². The maximum Gasteiger partial charge on any atom is 0.253 e. The number of nitrogens with one attached hydrogen (secondary N) is 2. The molecule has 0 radical (unpaired) electrons. The third-order valence-electron chi connectivity index (χ3n) is 6.13. The number of nitrogens with zero attached hydrogens (tertiary/aromatic N) is 2. The zero-order valence-corrected chi connectivity index (χ0v) is 17.2. The van der Waals surface area contributed by atoms with E-state index in [1.807, 2.05) is 18.2 Å². The molecule has 0 bridgehead atoms. The van der Waals surface area contributed by atoms with Crippen LogP contribution in [0.2, 0.25) is 0 Å². The highest BCUT2D eigenvalue weighted by atomic mass is 16.5. The fraction of sp³-hybridized carbons (Fsp3) is 0.458. The second-order valence-corrected chi connectivity index (χ2v) is 8.22. The van der Waals surface area contributed by atoms with Gasteiger partial charge in [0.1, 0.15) is 5.82 Å². The van der Waals surface area contributed by atoms with Crippen LogP contribution in [0.3, 0.4) is 0 Å². The lowest BCUT2D eigenvalue weighted by Crippen LogP contribution is -2.33. The van der Waals surface area contributed by atoms with Crippen molar-refractivity contribution < 1.29 is 9.53 Å². The number of aromatic nitrogens is 1. The zero-order chi connectivity index (χ0) is 20.8. The summed E-state index contributed by atoms with van der Waals surface area (Å²) in [5.41, 5.74) is 3.17. The molecule has 6 nitrogen and oxygen atoms in total. The van der Waals surface area contributed by atoms with E-state index >= 15 is 0 Å². The van der Waals surface area contributed by atoms with Gasteiger partial charge < -0.3 is 15.4 Å². The van der Waals surface area contributed by atoms with Crippen molar-refractivity contribution in [3.05, 3.63) is 53.2 Å². The van der Waals surface area contributed by atoms with Crippen LogP contribution < -0.4 is 10.6 Å². The molecule has 2 aromatic rings. The van der Waals surface area contributed by atoms with E-state index in [-0.39, 0.29) is 5.91 Å². The van der Waals surface area contributed by atoms with Gasteiger partial charge in [0.05, 0.1) is 17.2 Å². The molecule has 0 spiro atoms. The van der Waals surface area contributed by atoms with E-state index in [2.05, 4.69) is 21.7 Å². The molecule has 1 amide bonds. The van der Waals surface area contributed by atoms with Gasteiger partial charge in [-0.2, -0.15) is 5.26 Å². The van der Waals surface area contributed by atoms with Crippen molar-refractivity contribution in [2.24, 2.45) is 5.92 Å². The molecule has 1 saturated heterocycles. The van der Waals surface area contributed by atoms with Crippen molar-refractivity contribution in [3.63, 3.8) is 0 Å². The summed E-state index contributed by atoms with van der Waals surface area (Å²) in [6.45, 7) is 2.25. The second kappa shape index (κ2) is 9.73. The summed E-state index contributed by atoms with van der Waals surface area (Å²) in [5.74, 6) is 1.55. The second-order valence-electron chi connectivity index (χ2n) is 8.22. The average molecular weight is 405 g/mol. The Kier molecular flexibility index (Phi) is 6.60. The fourth-order valence-corrected chi connectivity index (χ4v) is 4.40.